The van der Waals surface area contributed by atoms with Gasteiger partial charge in [-0.2, -0.15) is 0 Å². The van der Waals surface area contributed by atoms with Crippen LogP contribution in [-0.2, 0) is 4.79 Å². The van der Waals surface area contributed by atoms with Crippen molar-refractivity contribution >= 4 is 23.4 Å². The third kappa shape index (κ3) is 4.27. The summed E-state index contributed by atoms with van der Waals surface area (Å²) < 4.78 is 13.9. The van der Waals surface area contributed by atoms with E-state index in [1.807, 2.05) is 35.2 Å². The van der Waals surface area contributed by atoms with E-state index in [4.69, 9.17) is 5.73 Å². The standard InChI is InChI=1S/C27H25FN4O3/c28-14-17(16-32-25(33)20-8-4-5-9-21(20)26(32)34)15-30-24(18-6-2-1-3-7-18)23-22(29)12-13-31(27(23)35)19-10-11-19/h1-9,14,19H,10-13,15-16,29H2/b17-14-,30-24?. The second kappa shape index (κ2) is 9.29. The maximum atomic E-state index is 13.9. The van der Waals surface area contributed by atoms with Gasteiger partial charge in [-0.1, -0.05) is 42.5 Å². The minimum Gasteiger partial charge on any atom is -0.401 e. The average Bonchev–Trinajstić information content (AvgIpc) is 3.69. The highest BCUT2D eigenvalue weighted by Crippen LogP contribution is 2.32. The molecule has 2 aliphatic heterocycles. The predicted octanol–water partition coefficient (Wildman–Crippen LogP) is 3.23. The molecule has 1 aliphatic carbocycles. The highest BCUT2D eigenvalue weighted by molar-refractivity contribution is 6.29. The SMILES string of the molecule is NC1=C(C(=NC/C(=C/F)CN2C(=O)c3ccccc3C2=O)c2ccccc2)C(=O)N(C2CC2)CC1. The lowest BCUT2D eigenvalue weighted by Crippen LogP contribution is -2.42. The Bertz CT molecular complexity index is 1260. The summed E-state index contributed by atoms with van der Waals surface area (Å²) in [6.45, 7) is 0.211. The second-order valence-electron chi connectivity index (χ2n) is 8.92. The molecule has 0 radical (unpaired) electrons. The molecule has 1 fully saturated rings. The minimum absolute atomic E-state index is 0.134. The van der Waals surface area contributed by atoms with Crippen LogP contribution in [0.25, 0.3) is 0 Å². The molecule has 0 spiro atoms. The van der Waals surface area contributed by atoms with Gasteiger partial charge >= 0.3 is 0 Å². The molecule has 3 aliphatic rings. The summed E-state index contributed by atoms with van der Waals surface area (Å²) in [6, 6.07) is 15.9. The highest BCUT2D eigenvalue weighted by Gasteiger charge is 2.39. The van der Waals surface area contributed by atoms with Crippen molar-refractivity contribution in [2.24, 2.45) is 10.7 Å². The molecule has 0 bridgehead atoms. The van der Waals surface area contributed by atoms with Crippen molar-refractivity contribution in [1.82, 2.24) is 9.80 Å². The number of hydrogen-bond donors (Lipinski definition) is 1. The molecule has 8 heteroatoms. The Balaban J connectivity index is 1.43. The van der Waals surface area contributed by atoms with Gasteiger partial charge in [0.05, 0.1) is 41.8 Å². The number of benzene rings is 2. The van der Waals surface area contributed by atoms with E-state index in [1.165, 1.54) is 0 Å². The van der Waals surface area contributed by atoms with E-state index in [0.29, 0.717) is 53.0 Å². The van der Waals surface area contributed by atoms with E-state index in [9.17, 15) is 18.8 Å². The number of halogens is 1. The van der Waals surface area contributed by atoms with E-state index in [-0.39, 0.29) is 30.6 Å². The monoisotopic (exact) mass is 472 g/mol. The van der Waals surface area contributed by atoms with Gasteiger partial charge in [0, 0.05) is 30.3 Å². The summed E-state index contributed by atoms with van der Waals surface area (Å²) in [5.41, 5.74) is 8.93. The zero-order valence-electron chi connectivity index (χ0n) is 19.1. The molecule has 2 heterocycles. The van der Waals surface area contributed by atoms with Gasteiger partial charge in [0.2, 0.25) is 0 Å². The number of fused-ring (bicyclic) bond motifs is 1. The Morgan fingerprint density at radius 3 is 2.20 bits per heavy atom. The fourth-order valence-corrected chi connectivity index (χ4v) is 4.53. The van der Waals surface area contributed by atoms with Gasteiger partial charge in [-0.05, 0) is 30.5 Å². The molecule has 0 aromatic heterocycles. The molecular formula is C27H25FN4O3. The number of nitrogens with two attached hydrogens (primary N) is 1. The van der Waals surface area contributed by atoms with Crippen LogP contribution >= 0.6 is 0 Å². The highest BCUT2D eigenvalue weighted by atomic mass is 19.1. The van der Waals surface area contributed by atoms with Gasteiger partial charge in [-0.25, -0.2) is 4.39 Å². The summed E-state index contributed by atoms with van der Waals surface area (Å²) in [6.07, 6.45) is 2.87. The van der Waals surface area contributed by atoms with Crippen molar-refractivity contribution in [3.05, 3.63) is 94.5 Å². The molecule has 178 valence electrons. The van der Waals surface area contributed by atoms with Crippen molar-refractivity contribution in [3.63, 3.8) is 0 Å². The van der Waals surface area contributed by atoms with Crippen molar-refractivity contribution in [3.8, 4) is 0 Å². The third-order valence-corrected chi connectivity index (χ3v) is 6.52. The van der Waals surface area contributed by atoms with Crippen LogP contribution in [0, 0.1) is 0 Å². The van der Waals surface area contributed by atoms with E-state index in [2.05, 4.69) is 4.99 Å². The van der Waals surface area contributed by atoms with E-state index in [1.54, 1.807) is 24.3 Å². The van der Waals surface area contributed by atoms with Crippen LogP contribution in [0.15, 0.2) is 82.8 Å². The summed E-state index contributed by atoms with van der Waals surface area (Å²) in [7, 11) is 0. The largest absolute Gasteiger partial charge is 0.401 e. The van der Waals surface area contributed by atoms with Gasteiger partial charge in [0.15, 0.2) is 0 Å². The first-order valence-corrected chi connectivity index (χ1v) is 11.6. The summed E-state index contributed by atoms with van der Waals surface area (Å²) in [4.78, 5) is 46.2. The maximum absolute atomic E-state index is 13.9. The molecule has 1 saturated carbocycles. The van der Waals surface area contributed by atoms with Gasteiger partial charge in [0.25, 0.3) is 17.7 Å². The Kier molecular flexibility index (Phi) is 6.03. The maximum Gasteiger partial charge on any atom is 0.261 e. The molecule has 2 aromatic rings. The number of amides is 3. The van der Waals surface area contributed by atoms with E-state index >= 15 is 0 Å². The second-order valence-corrected chi connectivity index (χ2v) is 8.92. The zero-order chi connectivity index (χ0) is 24.5. The van der Waals surface area contributed by atoms with Crippen LogP contribution in [0.4, 0.5) is 4.39 Å². The predicted molar refractivity (Wildman–Crippen MR) is 129 cm³/mol. The van der Waals surface area contributed by atoms with Crippen molar-refractivity contribution in [2.45, 2.75) is 25.3 Å². The summed E-state index contributed by atoms with van der Waals surface area (Å²) in [5, 5.41) is 0. The Morgan fingerprint density at radius 1 is 0.971 bits per heavy atom. The van der Waals surface area contributed by atoms with Gasteiger partial charge in [-0.15, -0.1) is 0 Å². The Labute approximate surface area is 202 Å². The molecule has 0 unspecified atom stereocenters. The lowest BCUT2D eigenvalue weighted by Gasteiger charge is -2.30. The van der Waals surface area contributed by atoms with Crippen LogP contribution in [0.1, 0.15) is 45.5 Å². The molecule has 7 nitrogen and oxygen atoms in total. The topological polar surface area (TPSA) is 96.1 Å². The molecule has 5 rings (SSSR count). The fourth-order valence-electron chi connectivity index (χ4n) is 4.53. The number of imide groups is 1. The van der Waals surface area contributed by atoms with Gasteiger partial charge < -0.3 is 10.6 Å². The van der Waals surface area contributed by atoms with Crippen LogP contribution < -0.4 is 5.73 Å². The number of hydrogen-bond acceptors (Lipinski definition) is 5. The van der Waals surface area contributed by atoms with Gasteiger partial charge in [0.1, 0.15) is 0 Å². The molecule has 2 aromatic carbocycles. The van der Waals surface area contributed by atoms with Crippen molar-refractivity contribution in [1.29, 1.82) is 0 Å². The number of nitrogens with zero attached hydrogens (tertiary/aromatic N) is 3. The third-order valence-electron chi connectivity index (χ3n) is 6.52. The Morgan fingerprint density at radius 2 is 1.60 bits per heavy atom. The molecule has 0 saturated heterocycles. The van der Waals surface area contributed by atoms with Crippen LogP contribution in [-0.4, -0.2) is 58.9 Å². The number of aliphatic imine (C=N–C) groups is 1. The summed E-state index contributed by atoms with van der Waals surface area (Å²) in [5.74, 6) is -1.09. The number of rotatable bonds is 7. The number of carbonyl (C=O) groups excluding carboxylic acids is 3. The number of carbonyl (C=O) groups is 3. The summed E-state index contributed by atoms with van der Waals surface area (Å²) >= 11 is 0. The van der Waals surface area contributed by atoms with Gasteiger partial charge in [-0.3, -0.25) is 24.3 Å². The minimum atomic E-state index is -0.466. The molecule has 0 atom stereocenters. The quantitative estimate of drug-likeness (QED) is 0.494. The smallest absolute Gasteiger partial charge is 0.261 e. The van der Waals surface area contributed by atoms with E-state index < -0.39 is 11.8 Å². The Hall–Kier alpha value is -4.07. The van der Waals surface area contributed by atoms with Crippen molar-refractivity contribution < 1.29 is 18.8 Å². The first-order valence-electron chi connectivity index (χ1n) is 11.6. The molecular weight excluding hydrogens is 447 g/mol. The van der Waals surface area contributed by atoms with Crippen LogP contribution in [0.2, 0.25) is 0 Å². The lowest BCUT2D eigenvalue weighted by atomic mass is 9.95. The molecule has 2 N–H and O–H groups in total. The van der Waals surface area contributed by atoms with Crippen LogP contribution in [0.5, 0.6) is 0 Å². The first kappa shape index (κ1) is 22.7. The molecule has 3 amide bonds. The fraction of sp³-hybridized carbons (Fsp3) is 0.259. The first-order chi connectivity index (χ1) is 17.0. The lowest BCUT2D eigenvalue weighted by molar-refractivity contribution is -0.127. The van der Waals surface area contributed by atoms with Crippen molar-refractivity contribution in [2.75, 3.05) is 19.6 Å². The average molecular weight is 473 g/mol. The normalized spacial score (nSPS) is 19.1. The zero-order valence-corrected chi connectivity index (χ0v) is 19.1. The van der Waals surface area contributed by atoms with E-state index in [0.717, 1.165) is 17.7 Å². The van der Waals surface area contributed by atoms with Crippen LogP contribution in [0.3, 0.4) is 0 Å². The molecule has 35 heavy (non-hydrogen) atoms.